The van der Waals surface area contributed by atoms with Gasteiger partial charge in [0.15, 0.2) is 0 Å². The zero-order valence-electron chi connectivity index (χ0n) is 23.9. The van der Waals surface area contributed by atoms with E-state index < -0.39 is 25.9 Å². The molecule has 0 bridgehead atoms. The summed E-state index contributed by atoms with van der Waals surface area (Å²) in [4.78, 5) is 28.3. The number of nitrogen functional groups attached to an aromatic ring is 1. The van der Waals surface area contributed by atoms with Gasteiger partial charge in [-0.15, -0.1) is 0 Å². The van der Waals surface area contributed by atoms with Crippen LogP contribution < -0.4 is 16.4 Å². The molecule has 210 valence electrons. The van der Waals surface area contributed by atoms with E-state index in [9.17, 15) is 9.59 Å². The molecule has 0 spiro atoms. The molecule has 0 saturated heterocycles. The first-order valence-corrected chi connectivity index (χ1v) is 16.4. The van der Waals surface area contributed by atoms with Crippen LogP contribution in [0.4, 0.5) is 21.0 Å². The van der Waals surface area contributed by atoms with E-state index >= 15 is 0 Å². The zero-order valence-corrected chi connectivity index (χ0v) is 24.9. The van der Waals surface area contributed by atoms with E-state index in [0.717, 1.165) is 28.8 Å². The molecule has 0 aliphatic heterocycles. The zero-order chi connectivity index (χ0) is 28.5. The quantitative estimate of drug-likeness (QED) is 0.182. The number of aryl methyl sites for hydroxylation is 1. The normalized spacial score (nSPS) is 12.0. The van der Waals surface area contributed by atoms with Crippen LogP contribution in [-0.2, 0) is 27.4 Å². The van der Waals surface area contributed by atoms with Crippen LogP contribution in [0.2, 0.25) is 25.7 Å². The highest BCUT2D eigenvalue weighted by Gasteiger charge is 2.19. The second kappa shape index (κ2) is 13.5. The van der Waals surface area contributed by atoms with Crippen molar-refractivity contribution < 1.29 is 23.8 Å². The minimum absolute atomic E-state index is 0.389. The number of amides is 2. The number of methoxy groups -OCH3 is 1. The Bertz CT molecular complexity index is 1130. The van der Waals surface area contributed by atoms with Gasteiger partial charge in [-0.3, -0.25) is 10.6 Å². The number of carbonyl (C=O) groups is 2. The molecule has 4 N–H and O–H groups in total. The van der Waals surface area contributed by atoms with E-state index in [1.165, 1.54) is 7.11 Å². The van der Waals surface area contributed by atoms with Crippen molar-refractivity contribution in [2.45, 2.75) is 78.6 Å². The SMILES string of the molecule is COC(=O)Nc1ccc(-c2nc(CCC=CNC(=O)OC(C)(C)C)n(COCC[Si](C)(C)C)c2C)c(N)c1. The lowest BCUT2D eigenvalue weighted by molar-refractivity contribution is 0.0552. The lowest BCUT2D eigenvalue weighted by Gasteiger charge is -2.18. The Morgan fingerprint density at radius 3 is 2.50 bits per heavy atom. The number of ether oxygens (including phenoxy) is 3. The van der Waals surface area contributed by atoms with Crippen LogP contribution in [-0.4, -0.2) is 49.1 Å². The van der Waals surface area contributed by atoms with Gasteiger partial charge in [0.2, 0.25) is 0 Å². The molecule has 38 heavy (non-hydrogen) atoms. The van der Waals surface area contributed by atoms with Crippen LogP contribution in [0.3, 0.4) is 0 Å². The third-order valence-electron chi connectivity index (χ3n) is 5.51. The van der Waals surface area contributed by atoms with Gasteiger partial charge in [-0.1, -0.05) is 25.7 Å². The maximum atomic E-state index is 11.8. The highest BCUT2D eigenvalue weighted by atomic mass is 28.3. The van der Waals surface area contributed by atoms with Crippen molar-refractivity contribution in [3.8, 4) is 11.3 Å². The summed E-state index contributed by atoms with van der Waals surface area (Å²) < 4.78 is 18.0. The van der Waals surface area contributed by atoms with E-state index in [4.69, 9.17) is 20.2 Å². The minimum Gasteiger partial charge on any atom is -0.453 e. The van der Waals surface area contributed by atoms with Gasteiger partial charge in [0.25, 0.3) is 0 Å². The molecule has 0 aliphatic rings. The van der Waals surface area contributed by atoms with Crippen LogP contribution in [0.15, 0.2) is 30.5 Å². The summed E-state index contributed by atoms with van der Waals surface area (Å²) in [6.45, 7) is 15.5. The summed E-state index contributed by atoms with van der Waals surface area (Å²) >= 11 is 0. The first-order chi connectivity index (χ1) is 17.7. The van der Waals surface area contributed by atoms with Gasteiger partial charge in [-0.25, -0.2) is 14.6 Å². The van der Waals surface area contributed by atoms with Gasteiger partial charge < -0.3 is 24.5 Å². The number of hydrogen-bond donors (Lipinski definition) is 3. The third kappa shape index (κ3) is 10.2. The van der Waals surface area contributed by atoms with E-state index in [1.807, 2.05) is 39.8 Å². The summed E-state index contributed by atoms with van der Waals surface area (Å²) in [5, 5.41) is 5.24. The number of allylic oxidation sites excluding steroid dienone is 1. The number of alkyl carbamates (subject to hydrolysis) is 1. The van der Waals surface area contributed by atoms with E-state index in [0.29, 0.717) is 37.6 Å². The molecule has 2 amide bonds. The largest absolute Gasteiger partial charge is 0.453 e. The molecule has 0 fully saturated rings. The fourth-order valence-corrected chi connectivity index (χ4v) is 4.26. The van der Waals surface area contributed by atoms with Crippen LogP contribution >= 0.6 is 0 Å². The van der Waals surface area contributed by atoms with Crippen molar-refractivity contribution in [2.75, 3.05) is 24.8 Å². The van der Waals surface area contributed by atoms with Crippen molar-refractivity contribution >= 4 is 31.6 Å². The first-order valence-electron chi connectivity index (χ1n) is 12.7. The Morgan fingerprint density at radius 1 is 1.18 bits per heavy atom. The summed E-state index contributed by atoms with van der Waals surface area (Å²) in [6, 6.07) is 6.35. The molecule has 2 rings (SSSR count). The number of rotatable bonds is 11. The van der Waals surface area contributed by atoms with Gasteiger partial charge in [0, 0.05) is 49.9 Å². The summed E-state index contributed by atoms with van der Waals surface area (Å²) in [7, 11) is 0.0934. The van der Waals surface area contributed by atoms with Gasteiger partial charge >= 0.3 is 12.2 Å². The molecule has 0 aliphatic carbocycles. The second-order valence-corrected chi connectivity index (χ2v) is 16.9. The molecule has 10 nitrogen and oxygen atoms in total. The number of aromatic nitrogens is 2. The molecule has 1 heterocycles. The Morgan fingerprint density at radius 2 is 1.89 bits per heavy atom. The maximum Gasteiger partial charge on any atom is 0.411 e. The standard InChI is InChI=1S/C27H43N5O5Si/c1-19-24(21-13-12-20(17-22(21)28)30-26(34)35-5)31-23(32(19)18-36-15-16-38(6,7)8)11-9-10-14-29-25(33)37-27(2,3)4/h10,12-14,17H,9,11,15-16,18,28H2,1-8H3,(H,29,33)(H,30,34). The summed E-state index contributed by atoms with van der Waals surface area (Å²) in [6.07, 6.45) is 3.68. The monoisotopic (exact) mass is 545 g/mol. The van der Waals surface area contributed by atoms with Crippen LogP contribution in [0.1, 0.15) is 38.7 Å². The van der Waals surface area contributed by atoms with Crippen LogP contribution in [0.25, 0.3) is 11.3 Å². The minimum atomic E-state index is -1.21. The van der Waals surface area contributed by atoms with Crippen LogP contribution in [0, 0.1) is 6.92 Å². The molecule has 0 unspecified atom stereocenters. The molecule has 0 atom stereocenters. The molecule has 1 aromatic heterocycles. The lowest BCUT2D eigenvalue weighted by atomic mass is 10.1. The van der Waals surface area contributed by atoms with E-state index in [-0.39, 0.29) is 0 Å². The van der Waals surface area contributed by atoms with Crippen molar-refractivity contribution in [1.82, 2.24) is 14.9 Å². The predicted molar refractivity (Wildman–Crippen MR) is 154 cm³/mol. The number of nitrogens with one attached hydrogen (secondary N) is 2. The van der Waals surface area contributed by atoms with Gasteiger partial charge in [0.05, 0.1) is 12.8 Å². The number of anilines is 2. The average molecular weight is 546 g/mol. The molecule has 2 aromatic rings. The van der Waals surface area contributed by atoms with Gasteiger partial charge in [-0.05, 0) is 58.4 Å². The van der Waals surface area contributed by atoms with E-state index in [1.54, 1.807) is 18.3 Å². The van der Waals surface area contributed by atoms with Crippen molar-refractivity contribution in [3.63, 3.8) is 0 Å². The van der Waals surface area contributed by atoms with Crippen molar-refractivity contribution in [2.24, 2.45) is 0 Å². The Kier molecular flexibility index (Phi) is 11.0. The number of nitrogens with zero attached hydrogens (tertiary/aromatic N) is 2. The Hall–Kier alpha value is -3.31. The molecule has 0 saturated carbocycles. The van der Waals surface area contributed by atoms with Crippen LogP contribution in [0.5, 0.6) is 0 Å². The lowest BCUT2D eigenvalue weighted by Crippen LogP contribution is -2.29. The fraction of sp³-hybridized carbons (Fsp3) is 0.519. The van der Waals surface area contributed by atoms with Gasteiger partial charge in [-0.2, -0.15) is 0 Å². The predicted octanol–water partition coefficient (Wildman–Crippen LogP) is 5.90. The summed E-state index contributed by atoms with van der Waals surface area (Å²) in [5.74, 6) is 0.851. The second-order valence-electron chi connectivity index (χ2n) is 11.2. The molecule has 11 heteroatoms. The highest BCUT2D eigenvalue weighted by Crippen LogP contribution is 2.31. The average Bonchev–Trinajstić information content (AvgIpc) is 3.09. The fourth-order valence-electron chi connectivity index (χ4n) is 3.50. The van der Waals surface area contributed by atoms with E-state index in [2.05, 4.69) is 39.6 Å². The third-order valence-corrected chi connectivity index (χ3v) is 7.21. The first kappa shape index (κ1) is 30.9. The number of nitrogens with two attached hydrogens (primary N) is 1. The van der Waals surface area contributed by atoms with Crippen molar-refractivity contribution in [3.05, 3.63) is 42.0 Å². The molecular weight excluding hydrogens is 502 g/mol. The molecule has 0 radical (unpaired) electrons. The Labute approximate surface area is 226 Å². The Balaban J connectivity index is 2.21. The number of hydrogen-bond acceptors (Lipinski definition) is 7. The van der Waals surface area contributed by atoms with Crippen molar-refractivity contribution in [1.29, 1.82) is 0 Å². The van der Waals surface area contributed by atoms with Gasteiger partial charge in [0.1, 0.15) is 18.2 Å². The smallest absolute Gasteiger partial charge is 0.411 e. The number of benzene rings is 1. The highest BCUT2D eigenvalue weighted by molar-refractivity contribution is 6.76. The maximum absolute atomic E-state index is 11.8. The molecular formula is C27H43N5O5Si. The number of imidazole rings is 1. The topological polar surface area (TPSA) is 130 Å². The summed E-state index contributed by atoms with van der Waals surface area (Å²) in [5.41, 5.74) is 9.27. The number of carbonyl (C=O) groups excluding carboxylic acids is 2. The molecule has 1 aromatic carbocycles.